The second-order valence-electron chi connectivity index (χ2n) is 6.36. The van der Waals surface area contributed by atoms with Crippen molar-refractivity contribution in [2.45, 2.75) is 19.8 Å². The monoisotopic (exact) mass is 401 g/mol. The third-order valence-corrected chi connectivity index (χ3v) is 5.15. The van der Waals surface area contributed by atoms with Gasteiger partial charge in [0.1, 0.15) is 0 Å². The van der Waals surface area contributed by atoms with Crippen molar-refractivity contribution in [3.05, 3.63) is 35.9 Å². The Hall–Kier alpha value is -3.00. The van der Waals surface area contributed by atoms with Crippen LogP contribution in [0.15, 0.2) is 30.3 Å². The molecule has 28 heavy (non-hydrogen) atoms. The summed E-state index contributed by atoms with van der Waals surface area (Å²) in [6.45, 7) is 4.25. The second-order valence-corrected chi connectivity index (χ2v) is 7.39. The first kappa shape index (κ1) is 19.8. The van der Waals surface area contributed by atoms with Crippen LogP contribution in [-0.2, 0) is 0 Å². The normalized spacial score (nSPS) is 10.8. The zero-order valence-electron chi connectivity index (χ0n) is 16.5. The molecule has 0 aliphatic carbocycles. The van der Waals surface area contributed by atoms with Crippen LogP contribution in [0, 0.1) is 0 Å². The van der Waals surface area contributed by atoms with E-state index in [-0.39, 0.29) is 0 Å². The van der Waals surface area contributed by atoms with E-state index in [9.17, 15) is 4.79 Å². The fraction of sp³-hybridized carbons (Fsp3) is 0.300. The van der Waals surface area contributed by atoms with Crippen molar-refractivity contribution in [1.82, 2.24) is 4.98 Å². The van der Waals surface area contributed by atoms with Crippen molar-refractivity contribution < 1.29 is 19.0 Å². The first-order chi connectivity index (χ1) is 13.5. The van der Waals surface area contributed by atoms with Crippen molar-refractivity contribution in [2.75, 3.05) is 32.0 Å². The molecule has 0 unspecified atom stereocenters. The molecule has 2 aromatic carbocycles. The molecular formula is C20H23N3O4S. The minimum Gasteiger partial charge on any atom is -0.493 e. The van der Waals surface area contributed by atoms with Gasteiger partial charge in [0.25, 0.3) is 0 Å². The maximum atomic E-state index is 12.5. The number of aromatic nitrogens is 1. The summed E-state index contributed by atoms with van der Waals surface area (Å²) in [4.78, 5) is 17.1. The Kier molecular flexibility index (Phi) is 5.89. The highest BCUT2D eigenvalue weighted by Crippen LogP contribution is 2.40. The van der Waals surface area contributed by atoms with Crippen LogP contribution in [0.4, 0.5) is 15.6 Å². The number of rotatable bonds is 6. The zero-order chi connectivity index (χ0) is 20.3. The highest BCUT2D eigenvalue weighted by molar-refractivity contribution is 7.22. The number of anilines is 2. The molecule has 0 spiro atoms. The first-order valence-corrected chi connectivity index (χ1v) is 9.56. The van der Waals surface area contributed by atoms with E-state index in [1.54, 1.807) is 12.1 Å². The van der Waals surface area contributed by atoms with Crippen LogP contribution in [-0.4, -0.2) is 32.3 Å². The minimum atomic E-state index is -0.403. The Morgan fingerprint density at radius 3 is 2.29 bits per heavy atom. The molecule has 3 rings (SSSR count). The Morgan fingerprint density at radius 2 is 1.71 bits per heavy atom. The molecule has 7 nitrogen and oxygen atoms in total. The van der Waals surface area contributed by atoms with E-state index in [4.69, 9.17) is 14.2 Å². The van der Waals surface area contributed by atoms with Crippen molar-refractivity contribution in [1.29, 1.82) is 0 Å². The zero-order valence-corrected chi connectivity index (χ0v) is 17.3. The fourth-order valence-electron chi connectivity index (χ4n) is 2.90. The quantitative estimate of drug-likeness (QED) is 0.601. The van der Waals surface area contributed by atoms with Gasteiger partial charge < -0.3 is 19.5 Å². The minimum absolute atomic E-state index is 0.353. The lowest BCUT2D eigenvalue weighted by Crippen LogP contribution is -2.19. The Labute approximate surface area is 167 Å². The molecule has 8 heteroatoms. The van der Waals surface area contributed by atoms with Gasteiger partial charge in [0, 0.05) is 12.1 Å². The van der Waals surface area contributed by atoms with Crippen LogP contribution in [0.3, 0.4) is 0 Å². The number of ether oxygens (including phenoxy) is 3. The molecule has 3 aromatic rings. The average molecular weight is 401 g/mol. The lowest BCUT2D eigenvalue weighted by Gasteiger charge is -2.14. The third-order valence-electron chi connectivity index (χ3n) is 4.22. The van der Waals surface area contributed by atoms with Gasteiger partial charge in [-0.25, -0.2) is 9.78 Å². The lowest BCUT2D eigenvalue weighted by atomic mass is 10.0. The summed E-state index contributed by atoms with van der Waals surface area (Å²) >= 11 is 1.44. The topological polar surface area (TPSA) is 81.7 Å². The summed E-state index contributed by atoms with van der Waals surface area (Å²) in [6, 6.07) is 9.00. The summed E-state index contributed by atoms with van der Waals surface area (Å²) in [5.41, 5.74) is 2.59. The van der Waals surface area contributed by atoms with Gasteiger partial charge in [0.2, 0.25) is 5.75 Å². The largest absolute Gasteiger partial charge is 0.493 e. The molecule has 0 fully saturated rings. The molecule has 2 N–H and O–H groups in total. The van der Waals surface area contributed by atoms with Crippen LogP contribution in [0.25, 0.3) is 10.2 Å². The Morgan fingerprint density at radius 1 is 1.04 bits per heavy atom. The number of benzene rings is 2. The van der Waals surface area contributed by atoms with Crippen LogP contribution in [0.1, 0.15) is 25.3 Å². The Bertz CT molecular complexity index is 975. The number of amides is 2. The van der Waals surface area contributed by atoms with Crippen molar-refractivity contribution in [3.8, 4) is 17.2 Å². The number of fused-ring (bicyclic) bond motifs is 1. The van der Waals surface area contributed by atoms with E-state index in [0.717, 1.165) is 15.8 Å². The lowest BCUT2D eigenvalue weighted by molar-refractivity contribution is 0.262. The van der Waals surface area contributed by atoms with Crippen molar-refractivity contribution >= 4 is 38.4 Å². The number of para-hydroxylation sites is 1. The molecule has 0 atom stereocenters. The smallest absolute Gasteiger partial charge is 0.325 e. The molecule has 0 saturated heterocycles. The van der Waals surface area contributed by atoms with Gasteiger partial charge in [-0.1, -0.05) is 37.3 Å². The number of carbonyl (C=O) groups is 1. The molecule has 0 saturated carbocycles. The van der Waals surface area contributed by atoms with Gasteiger partial charge >= 0.3 is 6.03 Å². The maximum absolute atomic E-state index is 12.5. The standard InChI is InChI=1S/C20H23N3O4S/c1-11(2)13-7-6-8-16-17(13)22-20(28-16)23-19(24)21-12-9-14(25-3)18(27-5)15(10-12)26-4/h6-11H,1-5H3,(H2,21,22,23,24). The fourth-order valence-corrected chi connectivity index (χ4v) is 3.80. The number of carbonyl (C=O) groups excluding carboxylic acids is 1. The SMILES string of the molecule is COc1cc(NC(=O)Nc2nc3c(C(C)C)cccc3s2)cc(OC)c1OC. The van der Waals surface area contributed by atoms with Crippen LogP contribution < -0.4 is 24.8 Å². The number of urea groups is 1. The third kappa shape index (κ3) is 3.96. The predicted octanol–water partition coefficient (Wildman–Crippen LogP) is 5.09. The molecular weight excluding hydrogens is 378 g/mol. The van der Waals surface area contributed by atoms with Crippen LogP contribution in [0.2, 0.25) is 0 Å². The summed E-state index contributed by atoms with van der Waals surface area (Å²) in [6.07, 6.45) is 0. The number of nitrogens with one attached hydrogen (secondary N) is 2. The van der Waals surface area contributed by atoms with E-state index in [2.05, 4.69) is 35.5 Å². The van der Waals surface area contributed by atoms with E-state index in [1.165, 1.54) is 32.7 Å². The van der Waals surface area contributed by atoms with Crippen LogP contribution >= 0.6 is 11.3 Å². The first-order valence-electron chi connectivity index (χ1n) is 8.74. The van der Waals surface area contributed by atoms with E-state index in [0.29, 0.717) is 34.0 Å². The van der Waals surface area contributed by atoms with Gasteiger partial charge in [0.15, 0.2) is 16.6 Å². The second kappa shape index (κ2) is 8.35. The maximum Gasteiger partial charge on any atom is 0.325 e. The average Bonchev–Trinajstić information content (AvgIpc) is 3.08. The summed E-state index contributed by atoms with van der Waals surface area (Å²) in [5, 5.41) is 6.10. The molecule has 148 valence electrons. The van der Waals surface area contributed by atoms with Gasteiger partial charge in [-0.2, -0.15) is 0 Å². The molecule has 1 heterocycles. The Balaban J connectivity index is 1.81. The number of nitrogens with zero attached hydrogens (tertiary/aromatic N) is 1. The molecule has 0 aliphatic heterocycles. The summed E-state index contributed by atoms with van der Waals surface area (Å²) in [5.74, 6) is 1.73. The van der Waals surface area contributed by atoms with E-state index in [1.807, 2.05) is 12.1 Å². The van der Waals surface area contributed by atoms with E-state index >= 15 is 0 Å². The number of thiazole rings is 1. The molecule has 0 bridgehead atoms. The summed E-state index contributed by atoms with van der Waals surface area (Å²) in [7, 11) is 4.57. The van der Waals surface area contributed by atoms with Crippen LogP contribution in [0.5, 0.6) is 17.2 Å². The van der Waals surface area contributed by atoms with Gasteiger partial charge in [-0.3, -0.25) is 5.32 Å². The highest BCUT2D eigenvalue weighted by atomic mass is 32.1. The number of hydrogen-bond acceptors (Lipinski definition) is 6. The van der Waals surface area contributed by atoms with Crippen molar-refractivity contribution in [3.63, 3.8) is 0 Å². The van der Waals surface area contributed by atoms with Gasteiger partial charge in [0.05, 0.1) is 37.2 Å². The highest BCUT2D eigenvalue weighted by Gasteiger charge is 2.16. The predicted molar refractivity (Wildman–Crippen MR) is 112 cm³/mol. The summed E-state index contributed by atoms with van der Waals surface area (Å²) < 4.78 is 16.9. The van der Waals surface area contributed by atoms with E-state index < -0.39 is 6.03 Å². The number of hydrogen-bond donors (Lipinski definition) is 2. The van der Waals surface area contributed by atoms with Crippen molar-refractivity contribution in [2.24, 2.45) is 0 Å². The number of methoxy groups -OCH3 is 3. The van der Waals surface area contributed by atoms with Gasteiger partial charge in [-0.15, -0.1) is 0 Å². The molecule has 2 amide bonds. The molecule has 0 aliphatic rings. The molecule has 1 aromatic heterocycles. The van der Waals surface area contributed by atoms with Gasteiger partial charge in [-0.05, 0) is 17.5 Å². The molecule has 0 radical (unpaired) electrons.